The maximum atomic E-state index is 10.2. The fourth-order valence-electron chi connectivity index (χ4n) is 3.90. The number of halogens is 1. The Hall–Kier alpha value is -1.91. The van der Waals surface area contributed by atoms with Gasteiger partial charge in [0.1, 0.15) is 11.5 Å². The van der Waals surface area contributed by atoms with Crippen LogP contribution in [0.4, 0.5) is 0 Å². The number of allylic oxidation sites excluding steroid dienone is 1. The van der Waals surface area contributed by atoms with E-state index in [9.17, 15) is 4.79 Å². The molecule has 1 aromatic carbocycles. The van der Waals surface area contributed by atoms with Crippen molar-refractivity contribution in [3.8, 4) is 5.75 Å². The van der Waals surface area contributed by atoms with Gasteiger partial charge in [-0.1, -0.05) is 65.0 Å². The maximum absolute atomic E-state index is 10.2. The molecule has 0 atom stereocenters. The number of rotatable bonds is 8. The second kappa shape index (κ2) is 16.7. The van der Waals surface area contributed by atoms with E-state index in [2.05, 4.69) is 45.4 Å². The number of likely N-dealkylation sites (N-methyl/N-ethyl adjacent to an activating group) is 1. The number of aromatic hydroxyl groups is 1. The zero-order chi connectivity index (χ0) is 24.7. The fourth-order valence-corrected chi connectivity index (χ4v) is 4.13. The predicted molar refractivity (Wildman–Crippen MR) is 139 cm³/mol. The minimum absolute atomic E-state index is 0.0518. The van der Waals surface area contributed by atoms with Crippen molar-refractivity contribution in [2.24, 2.45) is 11.8 Å². The van der Waals surface area contributed by atoms with Crippen LogP contribution >= 0.6 is 11.6 Å². The number of nitrogens with zero attached hydrogens (tertiary/aromatic N) is 1. The second-order valence-electron chi connectivity index (χ2n) is 8.35. The number of carbonyl (C=O) groups excluding carboxylic acids is 1. The first-order chi connectivity index (χ1) is 15.2. The van der Waals surface area contributed by atoms with Crippen LogP contribution in [0.25, 0.3) is 0 Å². The average Bonchev–Trinajstić information content (AvgIpc) is 2.79. The highest BCUT2D eigenvalue weighted by atomic mass is 35.5. The molecule has 2 N–H and O–H groups in total. The minimum atomic E-state index is -0.201. The van der Waals surface area contributed by atoms with Crippen molar-refractivity contribution in [3.63, 3.8) is 0 Å². The summed E-state index contributed by atoms with van der Waals surface area (Å²) in [7, 11) is 2.27. The molecule has 0 saturated heterocycles. The van der Waals surface area contributed by atoms with Crippen molar-refractivity contribution < 1.29 is 9.90 Å². The number of nitrogens with one attached hydrogen (secondary N) is 1. The second-order valence-corrected chi connectivity index (χ2v) is 8.79. The van der Waals surface area contributed by atoms with Gasteiger partial charge in [0.05, 0.1) is 0 Å². The SMILES string of the molecule is C=C/C(=C\CC)CN(C)C1CCC(C(C)C)CC1.CC.N=C(C=O)c1cc(O)cc(Cl)c1. The predicted octanol–water partition coefficient (Wildman–Crippen LogP) is 7.29. The summed E-state index contributed by atoms with van der Waals surface area (Å²) in [5.74, 6) is 1.77. The first-order valence-corrected chi connectivity index (χ1v) is 12.1. The average molecular weight is 463 g/mol. The van der Waals surface area contributed by atoms with E-state index in [-0.39, 0.29) is 11.5 Å². The minimum Gasteiger partial charge on any atom is -0.508 e. The molecule has 0 heterocycles. The Morgan fingerprint density at radius 1 is 1.25 bits per heavy atom. The van der Waals surface area contributed by atoms with E-state index in [1.165, 1.54) is 49.5 Å². The third-order valence-electron chi connectivity index (χ3n) is 5.78. The highest BCUT2D eigenvalue weighted by Crippen LogP contribution is 2.32. The van der Waals surface area contributed by atoms with E-state index < -0.39 is 0 Å². The first-order valence-electron chi connectivity index (χ1n) is 11.8. The molecular weight excluding hydrogens is 420 g/mol. The highest BCUT2D eigenvalue weighted by molar-refractivity contribution is 6.36. The van der Waals surface area contributed by atoms with E-state index in [4.69, 9.17) is 22.1 Å². The van der Waals surface area contributed by atoms with E-state index in [0.29, 0.717) is 16.9 Å². The van der Waals surface area contributed by atoms with Gasteiger partial charge in [-0.05, 0) is 74.8 Å². The largest absolute Gasteiger partial charge is 0.508 e. The standard InChI is InChI=1S/C17H31N.C8H6ClNO2.C2H6/c1-6-8-15(7-2)13-18(5)17-11-9-16(10-12-17)14(3)4;9-6-1-5(8(10)4-11)2-7(12)3-6;1-2/h7-8,14,16-17H,2,6,9-13H2,1,3-5H3;1-4,10,12H;1-2H3/b15-8+;;. The van der Waals surface area contributed by atoms with Gasteiger partial charge in [0.15, 0.2) is 6.29 Å². The summed E-state index contributed by atoms with van der Waals surface area (Å²) in [5.41, 5.74) is 1.49. The summed E-state index contributed by atoms with van der Waals surface area (Å²) in [4.78, 5) is 12.7. The van der Waals surface area contributed by atoms with Gasteiger partial charge in [-0.2, -0.15) is 0 Å². The maximum Gasteiger partial charge on any atom is 0.168 e. The van der Waals surface area contributed by atoms with Crippen molar-refractivity contribution in [1.29, 1.82) is 5.41 Å². The molecule has 32 heavy (non-hydrogen) atoms. The molecule has 0 spiro atoms. The van der Waals surface area contributed by atoms with Crippen LogP contribution in [0, 0.1) is 17.2 Å². The molecule has 0 amide bonds. The zero-order valence-corrected chi connectivity index (χ0v) is 21.6. The lowest BCUT2D eigenvalue weighted by atomic mass is 9.79. The molecular formula is C27H43ClN2O2. The van der Waals surface area contributed by atoms with E-state index in [1.807, 2.05) is 19.9 Å². The number of hydrogen-bond acceptors (Lipinski definition) is 4. The van der Waals surface area contributed by atoms with Crippen LogP contribution in [0.5, 0.6) is 5.75 Å². The molecule has 0 radical (unpaired) electrons. The van der Waals surface area contributed by atoms with E-state index >= 15 is 0 Å². The molecule has 2 rings (SSSR count). The number of phenolic OH excluding ortho intramolecular Hbond substituents is 1. The quantitative estimate of drug-likeness (QED) is 0.242. The Morgan fingerprint density at radius 2 is 1.84 bits per heavy atom. The Bertz CT molecular complexity index is 715. The molecule has 1 saturated carbocycles. The highest BCUT2D eigenvalue weighted by Gasteiger charge is 2.25. The summed E-state index contributed by atoms with van der Waals surface area (Å²) in [6.45, 7) is 15.9. The molecule has 0 aliphatic heterocycles. The van der Waals surface area contributed by atoms with E-state index in [1.54, 1.807) is 0 Å². The van der Waals surface area contributed by atoms with Gasteiger partial charge in [0, 0.05) is 23.2 Å². The molecule has 5 heteroatoms. The number of carbonyl (C=O) groups is 1. The number of aldehydes is 1. The van der Waals surface area contributed by atoms with Gasteiger partial charge in [0.2, 0.25) is 0 Å². The van der Waals surface area contributed by atoms with Crippen LogP contribution in [-0.4, -0.2) is 41.6 Å². The summed E-state index contributed by atoms with van der Waals surface area (Å²) in [6, 6.07) is 4.87. The van der Waals surface area contributed by atoms with Crippen LogP contribution in [0.3, 0.4) is 0 Å². The topological polar surface area (TPSA) is 64.4 Å². The van der Waals surface area contributed by atoms with Gasteiger partial charge in [-0.3, -0.25) is 15.1 Å². The lowest BCUT2D eigenvalue weighted by Gasteiger charge is -2.36. The lowest BCUT2D eigenvalue weighted by molar-refractivity contribution is -0.102. The Labute approximate surface area is 200 Å². The zero-order valence-electron chi connectivity index (χ0n) is 20.8. The van der Waals surface area contributed by atoms with Crippen molar-refractivity contribution in [2.45, 2.75) is 72.8 Å². The fraction of sp³-hybridized carbons (Fsp3) is 0.556. The Kier molecular flexibility index (Phi) is 15.7. The van der Waals surface area contributed by atoms with Crippen LogP contribution in [0.15, 0.2) is 42.5 Å². The van der Waals surface area contributed by atoms with Gasteiger partial charge in [-0.15, -0.1) is 0 Å². The summed E-state index contributed by atoms with van der Waals surface area (Å²) in [5, 5.41) is 16.5. The third kappa shape index (κ3) is 11.1. The lowest BCUT2D eigenvalue weighted by Crippen LogP contribution is -2.37. The Balaban J connectivity index is 0.000000595. The number of benzene rings is 1. The molecule has 4 nitrogen and oxygen atoms in total. The molecule has 0 bridgehead atoms. The van der Waals surface area contributed by atoms with Crippen LogP contribution < -0.4 is 0 Å². The van der Waals surface area contributed by atoms with Crippen molar-refractivity contribution >= 4 is 23.6 Å². The van der Waals surface area contributed by atoms with E-state index in [0.717, 1.165) is 30.8 Å². The van der Waals surface area contributed by atoms with Crippen molar-refractivity contribution in [3.05, 3.63) is 53.1 Å². The number of hydrogen-bond donors (Lipinski definition) is 2. The normalized spacial score (nSPS) is 18.2. The van der Waals surface area contributed by atoms with Gasteiger partial charge in [0.25, 0.3) is 0 Å². The Morgan fingerprint density at radius 3 is 2.28 bits per heavy atom. The smallest absolute Gasteiger partial charge is 0.168 e. The molecule has 0 aromatic heterocycles. The molecule has 1 fully saturated rings. The van der Waals surface area contributed by atoms with Crippen LogP contribution in [-0.2, 0) is 4.79 Å². The molecule has 1 aliphatic rings. The number of phenols is 1. The van der Waals surface area contributed by atoms with Crippen LogP contribution in [0.1, 0.15) is 72.3 Å². The third-order valence-corrected chi connectivity index (χ3v) is 6.00. The van der Waals surface area contributed by atoms with Gasteiger partial charge < -0.3 is 5.11 Å². The molecule has 0 unspecified atom stereocenters. The van der Waals surface area contributed by atoms with Crippen molar-refractivity contribution in [1.82, 2.24) is 4.90 Å². The molecule has 1 aromatic rings. The summed E-state index contributed by atoms with van der Waals surface area (Å²) in [6.07, 6.45) is 11.4. The molecule has 1 aliphatic carbocycles. The van der Waals surface area contributed by atoms with Crippen LogP contribution in [0.2, 0.25) is 5.02 Å². The van der Waals surface area contributed by atoms with Crippen molar-refractivity contribution in [2.75, 3.05) is 13.6 Å². The first kappa shape index (κ1) is 30.1. The van der Waals surface area contributed by atoms with Gasteiger partial charge >= 0.3 is 0 Å². The monoisotopic (exact) mass is 462 g/mol. The summed E-state index contributed by atoms with van der Waals surface area (Å²) >= 11 is 5.58. The molecule has 180 valence electrons. The van der Waals surface area contributed by atoms with Gasteiger partial charge in [-0.25, -0.2) is 0 Å². The summed E-state index contributed by atoms with van der Waals surface area (Å²) < 4.78 is 0.